The smallest absolute Gasteiger partial charge is 0.268 e. The number of hydrazone groups is 1. The van der Waals surface area contributed by atoms with Crippen molar-refractivity contribution in [2.75, 3.05) is 29.0 Å². The normalized spacial score (nSPS) is 14.0. The molecule has 120 valence electrons. The van der Waals surface area contributed by atoms with E-state index >= 15 is 0 Å². The first-order chi connectivity index (χ1) is 11.0. The lowest BCUT2D eigenvalue weighted by molar-refractivity contribution is 0.602. The number of hydrazine groups is 1. The Kier molecular flexibility index (Phi) is 4.11. The monoisotopic (exact) mass is 332 g/mol. The third-order valence-corrected chi connectivity index (χ3v) is 4.05. The molecule has 0 atom stereocenters. The summed E-state index contributed by atoms with van der Waals surface area (Å²) in [4.78, 5) is 8.91. The van der Waals surface area contributed by atoms with Crippen molar-refractivity contribution in [1.82, 2.24) is 15.4 Å². The van der Waals surface area contributed by atoms with Gasteiger partial charge in [-0.15, -0.1) is 5.12 Å². The van der Waals surface area contributed by atoms with Gasteiger partial charge in [0.05, 0.1) is 17.5 Å². The molecule has 3 rings (SSSR count). The summed E-state index contributed by atoms with van der Waals surface area (Å²) in [7, 11) is -3.04. The van der Waals surface area contributed by atoms with Crippen molar-refractivity contribution in [3.05, 3.63) is 36.5 Å². The van der Waals surface area contributed by atoms with Gasteiger partial charge >= 0.3 is 0 Å². The first kappa shape index (κ1) is 15.2. The van der Waals surface area contributed by atoms with E-state index < -0.39 is 9.84 Å². The molecule has 8 nitrogen and oxygen atoms in total. The summed E-state index contributed by atoms with van der Waals surface area (Å²) in [5, 5.41) is 9.46. The molecule has 0 saturated heterocycles. The lowest BCUT2D eigenvalue weighted by Gasteiger charge is -2.19. The Bertz CT molecular complexity index is 878. The summed E-state index contributed by atoms with van der Waals surface area (Å²) in [5.41, 5.74) is 3.66. The Balaban J connectivity index is 1.94. The summed E-state index contributed by atoms with van der Waals surface area (Å²) >= 11 is 0. The largest absolute Gasteiger partial charge is 0.368 e. The zero-order valence-electron chi connectivity index (χ0n) is 12.5. The van der Waals surface area contributed by atoms with Crippen LogP contribution in [-0.4, -0.2) is 43.2 Å². The van der Waals surface area contributed by atoms with E-state index in [1.807, 2.05) is 24.3 Å². The number of nitrogens with one attached hydrogen (secondary N) is 2. The van der Waals surface area contributed by atoms with Crippen LogP contribution in [0.1, 0.15) is 0 Å². The van der Waals surface area contributed by atoms with E-state index in [1.165, 1.54) is 11.4 Å². The topological polar surface area (TPSA) is 99.6 Å². The first-order valence-electron chi connectivity index (χ1n) is 6.97. The maximum absolute atomic E-state index is 11.3. The van der Waals surface area contributed by atoms with E-state index in [-0.39, 0.29) is 12.3 Å². The quantitative estimate of drug-likeness (QED) is 0.839. The molecule has 1 aliphatic rings. The maximum Gasteiger partial charge on any atom is 0.268 e. The number of hydrogen-bond donors (Lipinski definition) is 2. The van der Waals surface area contributed by atoms with Gasteiger partial charge in [-0.05, 0) is 18.2 Å². The molecule has 0 spiro atoms. The minimum absolute atomic E-state index is 0.0313. The minimum Gasteiger partial charge on any atom is -0.368 e. The Morgan fingerprint density at radius 3 is 2.83 bits per heavy atom. The second-order valence-electron chi connectivity index (χ2n) is 5.01. The zero-order chi connectivity index (χ0) is 16.3. The van der Waals surface area contributed by atoms with Crippen LogP contribution in [0.5, 0.6) is 0 Å². The van der Waals surface area contributed by atoms with Gasteiger partial charge in [-0.1, -0.05) is 12.1 Å². The molecule has 1 aliphatic heterocycles. The van der Waals surface area contributed by atoms with E-state index in [1.54, 1.807) is 18.5 Å². The first-order valence-corrected chi connectivity index (χ1v) is 9.03. The Labute approximate surface area is 133 Å². The Hall–Kier alpha value is -2.68. The van der Waals surface area contributed by atoms with Crippen LogP contribution >= 0.6 is 0 Å². The van der Waals surface area contributed by atoms with E-state index in [0.717, 1.165) is 10.9 Å². The molecule has 0 fully saturated rings. The molecule has 2 heterocycles. The number of rotatable bonds is 5. The SMILES string of the molecule is CS(=O)(=O)CCNc1nc(N2N=CC=CN2)nc2ccccc12. The lowest BCUT2D eigenvalue weighted by Crippen LogP contribution is -2.32. The molecule has 0 radical (unpaired) electrons. The summed E-state index contributed by atoms with van der Waals surface area (Å²) < 4.78 is 22.6. The van der Waals surface area contributed by atoms with Crippen LogP contribution in [-0.2, 0) is 9.84 Å². The van der Waals surface area contributed by atoms with Gasteiger partial charge in [0.25, 0.3) is 5.95 Å². The molecule has 9 heteroatoms. The van der Waals surface area contributed by atoms with Crippen molar-refractivity contribution in [3.8, 4) is 0 Å². The van der Waals surface area contributed by atoms with Gasteiger partial charge in [0.1, 0.15) is 15.7 Å². The summed E-state index contributed by atoms with van der Waals surface area (Å²) in [5.74, 6) is 0.968. The van der Waals surface area contributed by atoms with Crippen LogP contribution in [0.15, 0.2) is 41.6 Å². The van der Waals surface area contributed by atoms with Gasteiger partial charge in [-0.2, -0.15) is 10.1 Å². The number of allylic oxidation sites excluding steroid dienone is 1. The van der Waals surface area contributed by atoms with E-state index in [0.29, 0.717) is 11.8 Å². The van der Waals surface area contributed by atoms with Gasteiger partial charge in [-0.3, -0.25) is 5.43 Å². The van der Waals surface area contributed by atoms with Gasteiger partial charge in [0.2, 0.25) is 0 Å². The summed E-state index contributed by atoms with van der Waals surface area (Å²) in [6, 6.07) is 7.51. The fraction of sp³-hybridized carbons (Fsp3) is 0.214. The highest BCUT2D eigenvalue weighted by Crippen LogP contribution is 2.23. The van der Waals surface area contributed by atoms with Crippen molar-refractivity contribution in [3.63, 3.8) is 0 Å². The molecule has 23 heavy (non-hydrogen) atoms. The molecular weight excluding hydrogens is 316 g/mol. The van der Waals surface area contributed by atoms with Gasteiger partial charge in [0.15, 0.2) is 0 Å². The molecule has 0 unspecified atom stereocenters. The average molecular weight is 332 g/mol. The Morgan fingerprint density at radius 1 is 1.26 bits per heavy atom. The third-order valence-electron chi connectivity index (χ3n) is 3.11. The van der Waals surface area contributed by atoms with Crippen molar-refractivity contribution in [2.45, 2.75) is 0 Å². The molecule has 1 aromatic carbocycles. The van der Waals surface area contributed by atoms with Crippen LogP contribution in [0.4, 0.5) is 11.8 Å². The van der Waals surface area contributed by atoms with Crippen LogP contribution < -0.4 is 15.9 Å². The second-order valence-corrected chi connectivity index (χ2v) is 7.27. The molecule has 2 aromatic rings. The van der Waals surface area contributed by atoms with E-state index in [2.05, 4.69) is 25.8 Å². The number of aromatic nitrogens is 2. The van der Waals surface area contributed by atoms with Crippen LogP contribution in [0.2, 0.25) is 0 Å². The summed E-state index contributed by atoms with van der Waals surface area (Å²) in [6.07, 6.45) is 6.29. The molecule has 0 saturated carbocycles. The van der Waals surface area contributed by atoms with Crippen molar-refractivity contribution in [2.24, 2.45) is 5.10 Å². The highest BCUT2D eigenvalue weighted by atomic mass is 32.2. The maximum atomic E-state index is 11.3. The second kappa shape index (κ2) is 6.21. The van der Waals surface area contributed by atoms with Crippen LogP contribution in [0.25, 0.3) is 10.9 Å². The average Bonchev–Trinajstić information content (AvgIpc) is 2.54. The Morgan fingerprint density at radius 2 is 2.09 bits per heavy atom. The van der Waals surface area contributed by atoms with E-state index in [9.17, 15) is 8.42 Å². The number of benzene rings is 1. The zero-order valence-corrected chi connectivity index (χ0v) is 13.3. The van der Waals surface area contributed by atoms with Crippen molar-refractivity contribution >= 4 is 38.7 Å². The molecule has 1 aromatic heterocycles. The molecule has 2 N–H and O–H groups in total. The highest BCUT2D eigenvalue weighted by Gasteiger charge is 2.13. The van der Waals surface area contributed by atoms with Gasteiger partial charge < -0.3 is 5.32 Å². The standard InChI is InChI=1S/C14H16N6O2S/c1-23(21,22)10-9-15-13-11-5-2-3-6-12(11)18-14(19-13)20-16-7-4-8-17-20/h2-8,16H,9-10H2,1H3,(H,15,18,19). The number of anilines is 2. The molecule has 0 aliphatic carbocycles. The number of sulfone groups is 1. The number of hydrogen-bond acceptors (Lipinski definition) is 8. The van der Waals surface area contributed by atoms with Crippen LogP contribution in [0, 0.1) is 0 Å². The fourth-order valence-electron chi connectivity index (χ4n) is 2.05. The fourth-order valence-corrected chi connectivity index (χ4v) is 2.53. The van der Waals surface area contributed by atoms with Crippen molar-refractivity contribution in [1.29, 1.82) is 0 Å². The molecule has 0 bridgehead atoms. The highest BCUT2D eigenvalue weighted by molar-refractivity contribution is 7.90. The molecular formula is C14H16N6O2S. The minimum atomic E-state index is -3.04. The van der Waals surface area contributed by atoms with Crippen LogP contribution in [0.3, 0.4) is 0 Å². The van der Waals surface area contributed by atoms with E-state index in [4.69, 9.17) is 0 Å². The lowest BCUT2D eigenvalue weighted by atomic mass is 10.2. The predicted molar refractivity (Wildman–Crippen MR) is 91.0 cm³/mol. The van der Waals surface area contributed by atoms with Crippen molar-refractivity contribution < 1.29 is 8.42 Å². The summed E-state index contributed by atoms with van der Waals surface area (Å²) in [6.45, 7) is 0.274. The van der Waals surface area contributed by atoms with Gasteiger partial charge in [0, 0.05) is 24.4 Å². The number of nitrogens with zero attached hydrogens (tertiary/aromatic N) is 4. The molecule has 0 amide bonds. The number of fused-ring (bicyclic) bond motifs is 1. The van der Waals surface area contributed by atoms with Gasteiger partial charge in [-0.25, -0.2) is 13.4 Å². The predicted octanol–water partition coefficient (Wildman–Crippen LogP) is 0.910. The number of para-hydroxylation sites is 1. The third kappa shape index (κ3) is 3.75.